The molecule has 0 unspecified atom stereocenters. The Hall–Kier alpha value is -3.93. The van der Waals surface area contributed by atoms with E-state index in [1.54, 1.807) is 36.4 Å². The molecule has 4 N–H and O–H groups in total. The topological polar surface area (TPSA) is 132 Å². The largest absolute Gasteiger partial charge is 0.495 e. The first-order valence-corrected chi connectivity index (χ1v) is 18.6. The maximum atomic E-state index is 13.2. The molecule has 0 amide bonds. The van der Waals surface area contributed by atoms with Crippen LogP contribution < -0.4 is 20.8 Å². The summed E-state index contributed by atoms with van der Waals surface area (Å²) in [5.74, 6) is 1.11. The van der Waals surface area contributed by atoms with E-state index in [2.05, 4.69) is 34.3 Å². The standard InChI is InChI=1S/C19H16Cl2N2O2S.C11H13NO2.C8H5Cl2NOS/c1-9-5-15-12(6-11(9)10-3-4-10)18(24)23(19(26)22-15)16-8-17(25-2)14(21)7-13(16)20;1-6-4-10(12)9(11(13)14)5-8(6)7-2-3-7;1-12-8-3-7(11-4-13)5(9)2-6(8)10/h5-8,10H,3-4H2,1-2H3,(H,22,26);4-5,7H,2-3,12H2,1H3,(H,13,14);2-3H,1H3. The number of carboxylic acid groups (broad SMARTS) is 1. The number of aromatic nitrogens is 2. The highest BCUT2D eigenvalue weighted by atomic mass is 35.5. The van der Waals surface area contributed by atoms with Crippen LogP contribution in [0.1, 0.15) is 70.1 Å². The van der Waals surface area contributed by atoms with E-state index >= 15 is 0 Å². The number of nitrogens with two attached hydrogens (primary N) is 1. The van der Waals surface area contributed by atoms with Crippen LogP contribution in [0.3, 0.4) is 0 Å². The van der Waals surface area contributed by atoms with Gasteiger partial charge in [-0.2, -0.15) is 4.99 Å². The number of rotatable bonds is 7. The molecule has 2 aliphatic rings. The highest BCUT2D eigenvalue weighted by Gasteiger charge is 2.27. The number of carbonyl (C=O) groups is 1. The molecule has 0 aliphatic heterocycles. The van der Waals surface area contributed by atoms with Crippen LogP contribution in [0.25, 0.3) is 16.6 Å². The minimum atomic E-state index is -0.940. The van der Waals surface area contributed by atoms with Gasteiger partial charge in [0.25, 0.3) is 5.56 Å². The fraction of sp³-hybridized carbons (Fsp3) is 0.263. The van der Waals surface area contributed by atoms with Crippen molar-refractivity contribution >= 4 is 104 Å². The van der Waals surface area contributed by atoms with Gasteiger partial charge in [0.15, 0.2) is 4.77 Å². The number of anilines is 1. The van der Waals surface area contributed by atoms with Crippen molar-refractivity contribution in [2.24, 2.45) is 4.99 Å². The number of nitrogens with one attached hydrogen (secondary N) is 1. The molecule has 1 heterocycles. The average Bonchev–Trinajstić information content (AvgIpc) is 4.03. The number of fused-ring (bicyclic) bond motifs is 1. The quantitative estimate of drug-likeness (QED) is 0.0839. The van der Waals surface area contributed by atoms with Gasteiger partial charge in [-0.05, 0) is 134 Å². The molecule has 2 fully saturated rings. The lowest BCUT2D eigenvalue weighted by atomic mass is 10.00. The van der Waals surface area contributed by atoms with Crippen molar-refractivity contribution in [3.05, 3.63) is 112 Å². The Kier molecular flexibility index (Phi) is 12.9. The van der Waals surface area contributed by atoms with Crippen LogP contribution >= 0.6 is 70.8 Å². The molecule has 0 atom stereocenters. The zero-order valence-electron chi connectivity index (χ0n) is 29.0. The van der Waals surface area contributed by atoms with Gasteiger partial charge < -0.3 is 25.3 Å². The molecule has 0 saturated heterocycles. The molecule has 5 aromatic rings. The molecule has 2 aliphatic carbocycles. The van der Waals surface area contributed by atoms with E-state index < -0.39 is 5.97 Å². The second-order valence-corrected chi connectivity index (χ2v) is 14.8. The number of aryl methyl sites for hydroxylation is 2. The van der Waals surface area contributed by atoms with Crippen LogP contribution in [0.4, 0.5) is 11.4 Å². The number of isothiocyanates is 1. The summed E-state index contributed by atoms with van der Waals surface area (Å²) < 4.78 is 11.9. The van der Waals surface area contributed by atoms with Crippen LogP contribution in [-0.4, -0.2) is 40.0 Å². The number of halogens is 4. The molecular weight excluding hydrogens is 798 g/mol. The Balaban J connectivity index is 0.000000169. The molecule has 7 rings (SSSR count). The van der Waals surface area contributed by atoms with E-state index in [0.29, 0.717) is 65.9 Å². The van der Waals surface area contributed by atoms with Crippen molar-refractivity contribution in [3.8, 4) is 17.2 Å². The van der Waals surface area contributed by atoms with Crippen LogP contribution in [0.15, 0.2) is 58.3 Å². The lowest BCUT2D eigenvalue weighted by Crippen LogP contribution is -2.21. The van der Waals surface area contributed by atoms with Crippen molar-refractivity contribution in [1.29, 1.82) is 0 Å². The fourth-order valence-corrected chi connectivity index (χ4v) is 7.30. The summed E-state index contributed by atoms with van der Waals surface area (Å²) in [7, 11) is 3.02. The molecular formula is C38H34Cl4N4O5S2. The lowest BCUT2D eigenvalue weighted by Gasteiger charge is -2.14. The molecule has 53 heavy (non-hydrogen) atoms. The first-order chi connectivity index (χ1) is 25.2. The van der Waals surface area contributed by atoms with Gasteiger partial charge >= 0.3 is 5.97 Å². The Labute approximate surface area is 336 Å². The highest BCUT2D eigenvalue weighted by Crippen LogP contribution is 2.43. The SMILES string of the molecule is COc1cc(-n2c(=S)[nH]c3cc(C)c(C4CC4)cc3c2=O)c(Cl)cc1Cl.COc1cc(N=C=S)c(Cl)cc1Cl.Cc1cc(N)c(C(=O)O)cc1C1CC1. The van der Waals surface area contributed by atoms with Gasteiger partial charge in [0, 0.05) is 17.8 Å². The summed E-state index contributed by atoms with van der Waals surface area (Å²) in [5, 5.41) is 13.3. The molecule has 0 radical (unpaired) electrons. The number of benzene rings is 4. The first-order valence-electron chi connectivity index (χ1n) is 16.3. The first kappa shape index (κ1) is 40.3. The Morgan fingerprint density at radius 1 is 0.868 bits per heavy atom. The molecule has 276 valence electrons. The summed E-state index contributed by atoms with van der Waals surface area (Å²) in [6, 6.07) is 13.8. The maximum absolute atomic E-state index is 13.2. The number of thiocarbonyl (C=S) groups is 1. The van der Waals surface area contributed by atoms with Gasteiger partial charge in [0.2, 0.25) is 0 Å². The smallest absolute Gasteiger partial charge is 0.337 e. The minimum Gasteiger partial charge on any atom is -0.495 e. The van der Waals surface area contributed by atoms with E-state index in [1.807, 2.05) is 19.1 Å². The van der Waals surface area contributed by atoms with Gasteiger partial charge in [0.1, 0.15) is 11.5 Å². The summed E-state index contributed by atoms with van der Waals surface area (Å²) in [5.41, 5.74) is 12.3. The number of hydrogen-bond acceptors (Lipinski definition) is 8. The summed E-state index contributed by atoms with van der Waals surface area (Å²) in [6.45, 7) is 4.05. The highest BCUT2D eigenvalue weighted by molar-refractivity contribution is 7.78. The number of H-pyrrole nitrogens is 1. The third kappa shape index (κ3) is 9.24. The molecule has 15 heteroatoms. The number of aromatic carboxylic acids is 1. The van der Waals surface area contributed by atoms with Crippen LogP contribution in [0, 0.1) is 18.6 Å². The predicted molar refractivity (Wildman–Crippen MR) is 220 cm³/mol. The van der Waals surface area contributed by atoms with Gasteiger partial charge in [0.05, 0.1) is 67.3 Å². The second-order valence-electron chi connectivity index (χ2n) is 12.6. The van der Waals surface area contributed by atoms with Crippen LogP contribution in [-0.2, 0) is 0 Å². The Morgan fingerprint density at radius 3 is 1.96 bits per heavy atom. The van der Waals surface area contributed by atoms with E-state index in [4.69, 9.17) is 78.9 Å². The van der Waals surface area contributed by atoms with Gasteiger partial charge in [-0.3, -0.25) is 9.36 Å². The maximum Gasteiger partial charge on any atom is 0.337 e. The molecule has 1 aromatic heterocycles. The van der Waals surface area contributed by atoms with Crippen molar-refractivity contribution in [3.63, 3.8) is 0 Å². The van der Waals surface area contributed by atoms with E-state index in [-0.39, 0.29) is 15.9 Å². The number of hydrogen-bond donors (Lipinski definition) is 3. The average molecular weight is 833 g/mol. The summed E-state index contributed by atoms with van der Waals surface area (Å²) >= 11 is 34.0. The monoisotopic (exact) mass is 830 g/mol. The zero-order chi connectivity index (χ0) is 38.7. The molecule has 2 saturated carbocycles. The van der Waals surface area contributed by atoms with E-state index in [0.717, 1.165) is 16.6 Å². The molecule has 0 bridgehead atoms. The fourth-order valence-electron chi connectivity index (χ4n) is 5.86. The van der Waals surface area contributed by atoms with Crippen LogP contribution in [0.5, 0.6) is 11.5 Å². The predicted octanol–water partition coefficient (Wildman–Crippen LogP) is 11.4. The normalized spacial score (nSPS) is 13.2. The second kappa shape index (κ2) is 17.0. The molecule has 9 nitrogen and oxygen atoms in total. The summed E-state index contributed by atoms with van der Waals surface area (Å²) in [6.07, 6.45) is 4.68. The lowest BCUT2D eigenvalue weighted by molar-refractivity contribution is 0.0698. The third-order valence-electron chi connectivity index (χ3n) is 8.84. The zero-order valence-corrected chi connectivity index (χ0v) is 33.6. The van der Waals surface area contributed by atoms with Crippen molar-refractivity contribution in [1.82, 2.24) is 9.55 Å². The number of carboxylic acids is 1. The molecule has 4 aromatic carbocycles. The number of methoxy groups -OCH3 is 2. The third-order valence-corrected chi connectivity index (χ3v) is 10.4. The number of ether oxygens (including phenoxy) is 2. The Bertz CT molecular complexity index is 2420. The van der Waals surface area contributed by atoms with Crippen molar-refractivity contribution in [2.75, 3.05) is 20.0 Å². The van der Waals surface area contributed by atoms with E-state index in [9.17, 15) is 9.59 Å². The number of aromatic amines is 1. The number of nitrogens with zero attached hydrogens (tertiary/aromatic N) is 2. The van der Waals surface area contributed by atoms with Gasteiger partial charge in [-0.15, -0.1) is 0 Å². The summed E-state index contributed by atoms with van der Waals surface area (Å²) in [4.78, 5) is 31.0. The number of aliphatic imine (C=N–C) groups is 1. The van der Waals surface area contributed by atoms with Crippen molar-refractivity contribution < 1.29 is 19.4 Å². The van der Waals surface area contributed by atoms with Gasteiger partial charge in [-0.25, -0.2) is 4.79 Å². The van der Waals surface area contributed by atoms with Crippen LogP contribution in [0.2, 0.25) is 20.1 Å². The van der Waals surface area contributed by atoms with E-state index in [1.165, 1.54) is 55.6 Å². The Morgan fingerprint density at radius 2 is 1.42 bits per heavy atom. The van der Waals surface area contributed by atoms with Gasteiger partial charge in [-0.1, -0.05) is 46.4 Å². The number of nitrogen functional groups attached to an aromatic ring is 1. The van der Waals surface area contributed by atoms with Crippen molar-refractivity contribution in [2.45, 2.75) is 51.4 Å². The minimum absolute atomic E-state index is 0.211. The molecule has 0 spiro atoms.